The summed E-state index contributed by atoms with van der Waals surface area (Å²) >= 11 is 1.56. The Bertz CT molecular complexity index is 473. The number of hydrogen-bond donors (Lipinski definition) is 2. The van der Waals surface area contributed by atoms with Crippen molar-refractivity contribution in [3.05, 3.63) is 21.4 Å². The van der Waals surface area contributed by atoms with Gasteiger partial charge in [0.1, 0.15) is 0 Å². The number of nitrogens with one attached hydrogen (secondary N) is 2. The standard InChI is InChI=1S/C15H22N2O2S/c1-3-10(2)14(18)16-17-15(19)13-9-11-7-5-4-6-8-12(11)20-13/h9-10H,3-8H2,1-2H3,(H,16,18)(H,17,19). The second-order valence-corrected chi connectivity index (χ2v) is 6.51. The smallest absolute Gasteiger partial charge is 0.273 e. The summed E-state index contributed by atoms with van der Waals surface area (Å²) in [5.41, 5.74) is 6.31. The van der Waals surface area contributed by atoms with Crippen molar-refractivity contribution in [3.8, 4) is 0 Å². The van der Waals surface area contributed by atoms with Crippen LogP contribution < -0.4 is 10.9 Å². The fourth-order valence-electron chi connectivity index (χ4n) is 2.27. The first-order valence-corrected chi connectivity index (χ1v) is 8.15. The molecule has 20 heavy (non-hydrogen) atoms. The van der Waals surface area contributed by atoms with Crippen LogP contribution in [0.5, 0.6) is 0 Å². The molecule has 1 aliphatic carbocycles. The molecule has 0 bridgehead atoms. The molecular weight excluding hydrogens is 272 g/mol. The van der Waals surface area contributed by atoms with Crippen LogP contribution in [0.3, 0.4) is 0 Å². The van der Waals surface area contributed by atoms with E-state index in [1.54, 1.807) is 11.3 Å². The van der Waals surface area contributed by atoms with Gasteiger partial charge in [0.2, 0.25) is 5.91 Å². The Hall–Kier alpha value is -1.36. The fourth-order valence-corrected chi connectivity index (χ4v) is 3.42. The first-order valence-electron chi connectivity index (χ1n) is 7.33. The van der Waals surface area contributed by atoms with E-state index >= 15 is 0 Å². The van der Waals surface area contributed by atoms with E-state index in [0.717, 1.165) is 19.3 Å². The van der Waals surface area contributed by atoms with E-state index in [0.29, 0.717) is 4.88 Å². The van der Waals surface area contributed by atoms with Gasteiger partial charge in [-0.25, -0.2) is 0 Å². The van der Waals surface area contributed by atoms with Crippen LogP contribution in [-0.4, -0.2) is 11.8 Å². The zero-order valence-corrected chi connectivity index (χ0v) is 12.9. The molecule has 0 aliphatic heterocycles. The van der Waals surface area contributed by atoms with Crippen LogP contribution >= 0.6 is 11.3 Å². The molecule has 110 valence electrons. The highest BCUT2D eigenvalue weighted by molar-refractivity contribution is 7.14. The molecule has 2 rings (SSSR count). The van der Waals surface area contributed by atoms with Gasteiger partial charge in [-0.05, 0) is 43.7 Å². The minimum absolute atomic E-state index is 0.0876. The number of rotatable bonds is 3. The van der Waals surface area contributed by atoms with Gasteiger partial charge in [-0.2, -0.15) is 0 Å². The highest BCUT2D eigenvalue weighted by atomic mass is 32.1. The molecule has 1 heterocycles. The van der Waals surface area contributed by atoms with Gasteiger partial charge in [0.15, 0.2) is 0 Å². The second-order valence-electron chi connectivity index (χ2n) is 5.37. The van der Waals surface area contributed by atoms with Crippen molar-refractivity contribution in [1.29, 1.82) is 0 Å². The molecule has 0 aromatic carbocycles. The van der Waals surface area contributed by atoms with E-state index in [9.17, 15) is 9.59 Å². The Morgan fingerprint density at radius 1 is 1.25 bits per heavy atom. The van der Waals surface area contributed by atoms with Gasteiger partial charge in [-0.1, -0.05) is 20.3 Å². The lowest BCUT2D eigenvalue weighted by molar-refractivity contribution is -0.125. The molecule has 0 spiro atoms. The summed E-state index contributed by atoms with van der Waals surface area (Å²) in [5, 5.41) is 0. The van der Waals surface area contributed by atoms with Gasteiger partial charge in [0.05, 0.1) is 4.88 Å². The number of carbonyl (C=O) groups is 2. The number of carbonyl (C=O) groups excluding carboxylic acids is 2. The minimum atomic E-state index is -0.209. The van der Waals surface area contributed by atoms with Crippen LogP contribution in [0.15, 0.2) is 6.07 Å². The van der Waals surface area contributed by atoms with Crippen LogP contribution in [0.2, 0.25) is 0 Å². The summed E-state index contributed by atoms with van der Waals surface area (Å²) in [6.45, 7) is 3.79. The minimum Gasteiger partial charge on any atom is -0.273 e. The van der Waals surface area contributed by atoms with Gasteiger partial charge >= 0.3 is 0 Å². The van der Waals surface area contributed by atoms with Crippen molar-refractivity contribution in [2.45, 2.75) is 52.4 Å². The average molecular weight is 294 g/mol. The van der Waals surface area contributed by atoms with Gasteiger partial charge in [0, 0.05) is 10.8 Å². The number of amides is 2. The third-order valence-corrected chi connectivity index (χ3v) is 5.07. The molecule has 2 amide bonds. The van der Waals surface area contributed by atoms with Gasteiger partial charge in [-0.3, -0.25) is 20.4 Å². The van der Waals surface area contributed by atoms with E-state index in [2.05, 4.69) is 10.9 Å². The summed E-state index contributed by atoms with van der Waals surface area (Å²) in [6.07, 6.45) is 6.59. The van der Waals surface area contributed by atoms with Crippen LogP contribution in [0, 0.1) is 5.92 Å². The average Bonchev–Trinajstić information content (AvgIpc) is 2.74. The summed E-state index contributed by atoms with van der Waals surface area (Å²) in [7, 11) is 0. The topological polar surface area (TPSA) is 58.2 Å². The molecule has 5 heteroatoms. The molecule has 2 N–H and O–H groups in total. The van der Waals surface area contributed by atoms with Gasteiger partial charge in [-0.15, -0.1) is 11.3 Å². The maximum atomic E-state index is 12.0. The maximum Gasteiger partial charge on any atom is 0.279 e. The Morgan fingerprint density at radius 3 is 2.75 bits per heavy atom. The van der Waals surface area contributed by atoms with Crippen molar-refractivity contribution in [1.82, 2.24) is 10.9 Å². The van der Waals surface area contributed by atoms with Crippen LogP contribution in [0.25, 0.3) is 0 Å². The molecule has 0 saturated heterocycles. The molecule has 1 atom stereocenters. The summed E-state index contributed by atoms with van der Waals surface area (Å²) in [5.74, 6) is -0.436. The molecule has 4 nitrogen and oxygen atoms in total. The highest BCUT2D eigenvalue weighted by Gasteiger charge is 2.17. The zero-order chi connectivity index (χ0) is 14.5. The van der Waals surface area contributed by atoms with Crippen molar-refractivity contribution in [3.63, 3.8) is 0 Å². The number of hydrogen-bond acceptors (Lipinski definition) is 3. The van der Waals surface area contributed by atoms with E-state index in [4.69, 9.17) is 0 Å². The van der Waals surface area contributed by atoms with Crippen molar-refractivity contribution >= 4 is 23.2 Å². The van der Waals surface area contributed by atoms with Gasteiger partial charge < -0.3 is 0 Å². The predicted molar refractivity (Wildman–Crippen MR) is 80.6 cm³/mol. The Morgan fingerprint density at radius 2 is 2.00 bits per heavy atom. The Labute approximate surface area is 123 Å². The first-order chi connectivity index (χ1) is 9.61. The number of thiophene rings is 1. The van der Waals surface area contributed by atoms with Crippen molar-refractivity contribution in [2.24, 2.45) is 5.92 Å². The van der Waals surface area contributed by atoms with E-state index in [1.807, 2.05) is 19.9 Å². The van der Waals surface area contributed by atoms with Crippen LogP contribution in [0.1, 0.15) is 59.6 Å². The maximum absolute atomic E-state index is 12.0. The highest BCUT2D eigenvalue weighted by Crippen LogP contribution is 2.28. The molecule has 1 aromatic heterocycles. The SMILES string of the molecule is CCC(C)C(=O)NNC(=O)c1cc2c(s1)CCCCC2. The monoisotopic (exact) mass is 294 g/mol. The van der Waals surface area contributed by atoms with Crippen molar-refractivity contribution < 1.29 is 9.59 Å². The summed E-state index contributed by atoms with van der Waals surface area (Å²) < 4.78 is 0. The molecular formula is C15H22N2O2S. The van der Waals surface area contributed by atoms with Crippen LogP contribution in [-0.2, 0) is 17.6 Å². The van der Waals surface area contributed by atoms with E-state index in [-0.39, 0.29) is 17.7 Å². The molecule has 0 saturated carbocycles. The quantitative estimate of drug-likeness (QED) is 0.665. The summed E-state index contributed by atoms with van der Waals surface area (Å²) in [4.78, 5) is 25.7. The molecule has 1 aliphatic rings. The Balaban J connectivity index is 1.94. The molecule has 0 radical (unpaired) electrons. The molecule has 1 aromatic rings. The Kier molecular flexibility index (Phi) is 5.17. The third kappa shape index (κ3) is 3.60. The fraction of sp³-hybridized carbons (Fsp3) is 0.600. The lowest BCUT2D eigenvalue weighted by Gasteiger charge is -2.10. The van der Waals surface area contributed by atoms with Crippen LogP contribution in [0.4, 0.5) is 0 Å². The molecule has 0 fully saturated rings. The van der Waals surface area contributed by atoms with E-state index < -0.39 is 0 Å². The largest absolute Gasteiger partial charge is 0.279 e. The normalized spacial score (nSPS) is 15.9. The van der Waals surface area contributed by atoms with E-state index in [1.165, 1.54) is 29.7 Å². The number of fused-ring (bicyclic) bond motifs is 1. The number of hydrazine groups is 1. The lowest BCUT2D eigenvalue weighted by atomic mass is 10.1. The first kappa shape index (κ1) is 15.0. The zero-order valence-electron chi connectivity index (χ0n) is 12.1. The van der Waals surface area contributed by atoms with Gasteiger partial charge in [0.25, 0.3) is 5.91 Å². The number of aryl methyl sites for hydroxylation is 2. The predicted octanol–water partition coefficient (Wildman–Crippen LogP) is 2.82. The lowest BCUT2D eigenvalue weighted by Crippen LogP contribution is -2.43. The third-order valence-electron chi connectivity index (χ3n) is 3.83. The molecule has 1 unspecified atom stereocenters. The van der Waals surface area contributed by atoms with Crippen molar-refractivity contribution in [2.75, 3.05) is 0 Å². The second kappa shape index (κ2) is 6.88. The summed E-state index contributed by atoms with van der Waals surface area (Å²) in [6, 6.07) is 1.98.